The summed E-state index contributed by atoms with van der Waals surface area (Å²) in [5.74, 6) is -0.0849. The van der Waals surface area contributed by atoms with Crippen molar-refractivity contribution >= 4 is 5.91 Å². The van der Waals surface area contributed by atoms with E-state index in [1.54, 1.807) is 6.08 Å². The van der Waals surface area contributed by atoms with Gasteiger partial charge in [-0.2, -0.15) is 0 Å². The zero-order valence-corrected chi connectivity index (χ0v) is 19.1. The van der Waals surface area contributed by atoms with Crippen molar-refractivity contribution in [2.45, 2.75) is 122 Å². The third-order valence-electron chi connectivity index (χ3n) is 5.19. The third kappa shape index (κ3) is 18.6. The first-order valence-electron chi connectivity index (χ1n) is 12.1. The summed E-state index contributed by atoms with van der Waals surface area (Å²) in [6, 6.07) is -0.627. The highest BCUT2D eigenvalue weighted by molar-refractivity contribution is 5.76. The van der Waals surface area contributed by atoms with Gasteiger partial charge < -0.3 is 15.5 Å². The maximum absolute atomic E-state index is 12.1. The lowest BCUT2D eigenvalue weighted by atomic mass is 10.1. The van der Waals surface area contributed by atoms with Crippen molar-refractivity contribution in [1.29, 1.82) is 0 Å². The molecule has 0 saturated carbocycles. The molecule has 2 unspecified atom stereocenters. The predicted molar refractivity (Wildman–Crippen MR) is 124 cm³/mol. The first-order chi connectivity index (χ1) is 14.2. The Labute approximate surface area is 179 Å². The minimum absolute atomic E-state index is 0.0849. The largest absolute Gasteiger partial charge is 0.394 e. The van der Waals surface area contributed by atoms with Crippen LogP contribution in [-0.4, -0.2) is 34.9 Å². The van der Waals surface area contributed by atoms with Crippen molar-refractivity contribution in [3.05, 3.63) is 24.3 Å². The Morgan fingerprint density at radius 2 is 1.34 bits per heavy atom. The summed E-state index contributed by atoms with van der Waals surface area (Å²) in [6.07, 6.45) is 23.9. The maximum atomic E-state index is 12.1. The second kappa shape index (κ2) is 21.6. The first kappa shape index (κ1) is 27.9. The molecule has 0 aliphatic rings. The molecule has 170 valence electrons. The molecule has 4 heteroatoms. The number of aliphatic hydroxyl groups excluding tert-OH is 2. The molecule has 3 N–H and O–H groups in total. The van der Waals surface area contributed by atoms with E-state index < -0.39 is 12.1 Å². The molecule has 0 fully saturated rings. The number of carbonyl (C=O) groups excluding carboxylic acids is 1. The van der Waals surface area contributed by atoms with E-state index in [1.165, 1.54) is 57.8 Å². The van der Waals surface area contributed by atoms with E-state index in [1.807, 2.05) is 6.08 Å². The molecule has 0 aliphatic carbocycles. The normalized spacial score (nSPS) is 13.9. The van der Waals surface area contributed by atoms with Crippen LogP contribution in [0.5, 0.6) is 0 Å². The van der Waals surface area contributed by atoms with Crippen LogP contribution >= 0.6 is 0 Å². The summed E-state index contributed by atoms with van der Waals surface area (Å²) in [7, 11) is 0. The molecular weight excluding hydrogens is 362 g/mol. The van der Waals surface area contributed by atoms with Gasteiger partial charge in [-0.25, -0.2) is 0 Å². The van der Waals surface area contributed by atoms with Gasteiger partial charge in [0.05, 0.1) is 18.8 Å². The molecule has 0 aromatic carbocycles. The van der Waals surface area contributed by atoms with Crippen LogP contribution in [0.15, 0.2) is 24.3 Å². The Morgan fingerprint density at radius 3 is 1.97 bits per heavy atom. The number of hydrogen-bond donors (Lipinski definition) is 3. The Kier molecular flexibility index (Phi) is 20.7. The zero-order chi connectivity index (χ0) is 21.6. The molecule has 0 spiro atoms. The lowest BCUT2D eigenvalue weighted by molar-refractivity contribution is -0.123. The summed E-state index contributed by atoms with van der Waals surface area (Å²) in [5.41, 5.74) is 0. The van der Waals surface area contributed by atoms with E-state index in [2.05, 4.69) is 31.3 Å². The van der Waals surface area contributed by atoms with Crippen LogP contribution in [0.4, 0.5) is 0 Å². The quantitative estimate of drug-likeness (QED) is 0.175. The molecule has 0 aromatic rings. The van der Waals surface area contributed by atoms with Crippen LogP contribution in [0.2, 0.25) is 0 Å². The minimum atomic E-state index is -0.851. The number of hydrogen-bond acceptors (Lipinski definition) is 3. The van der Waals surface area contributed by atoms with Crippen LogP contribution in [0.25, 0.3) is 0 Å². The molecule has 2 atom stereocenters. The van der Waals surface area contributed by atoms with E-state index >= 15 is 0 Å². The molecule has 0 rings (SSSR count). The second-order valence-corrected chi connectivity index (χ2v) is 8.04. The van der Waals surface area contributed by atoms with Crippen LogP contribution in [0.1, 0.15) is 110 Å². The van der Waals surface area contributed by atoms with Gasteiger partial charge in [0.25, 0.3) is 0 Å². The van der Waals surface area contributed by atoms with Crippen molar-refractivity contribution in [2.75, 3.05) is 6.61 Å². The number of rotatable bonds is 20. The van der Waals surface area contributed by atoms with E-state index in [9.17, 15) is 15.0 Å². The fourth-order valence-corrected chi connectivity index (χ4v) is 3.23. The van der Waals surface area contributed by atoms with Crippen LogP contribution in [0.3, 0.4) is 0 Å². The number of amides is 1. The molecule has 29 heavy (non-hydrogen) atoms. The maximum Gasteiger partial charge on any atom is 0.220 e. The van der Waals surface area contributed by atoms with Gasteiger partial charge in [0.15, 0.2) is 0 Å². The molecule has 0 radical (unpaired) electrons. The zero-order valence-electron chi connectivity index (χ0n) is 19.1. The van der Waals surface area contributed by atoms with Crippen molar-refractivity contribution in [1.82, 2.24) is 5.32 Å². The number of aliphatic hydroxyl groups is 2. The summed E-state index contributed by atoms with van der Waals surface area (Å²) < 4.78 is 0. The van der Waals surface area contributed by atoms with Crippen molar-refractivity contribution in [2.24, 2.45) is 0 Å². The second-order valence-electron chi connectivity index (χ2n) is 8.04. The number of carbonyl (C=O) groups is 1. The van der Waals surface area contributed by atoms with Gasteiger partial charge in [0.1, 0.15) is 0 Å². The van der Waals surface area contributed by atoms with Gasteiger partial charge >= 0.3 is 0 Å². The highest BCUT2D eigenvalue weighted by Crippen LogP contribution is 2.10. The monoisotopic (exact) mass is 409 g/mol. The van der Waals surface area contributed by atoms with E-state index in [0.717, 1.165) is 32.1 Å². The molecule has 0 bridgehead atoms. The van der Waals surface area contributed by atoms with Crippen LogP contribution in [0, 0.1) is 0 Å². The molecule has 1 amide bonds. The van der Waals surface area contributed by atoms with Crippen molar-refractivity contribution in [3.8, 4) is 0 Å². The van der Waals surface area contributed by atoms with Gasteiger partial charge in [0.2, 0.25) is 5.91 Å². The summed E-state index contributed by atoms with van der Waals surface area (Å²) >= 11 is 0. The summed E-state index contributed by atoms with van der Waals surface area (Å²) in [6.45, 7) is 4.16. The highest BCUT2D eigenvalue weighted by atomic mass is 16.3. The Hall–Kier alpha value is -1.13. The number of nitrogens with one attached hydrogen (secondary N) is 1. The highest BCUT2D eigenvalue weighted by Gasteiger charge is 2.17. The van der Waals surface area contributed by atoms with E-state index in [4.69, 9.17) is 0 Å². The van der Waals surface area contributed by atoms with Gasteiger partial charge in [-0.3, -0.25) is 4.79 Å². The SMILES string of the molecule is CCCC/C=C/CC/C=C/C(O)C(CO)NC(=O)CCCCCCCCCCC. The summed E-state index contributed by atoms with van der Waals surface area (Å²) in [5, 5.41) is 22.4. The van der Waals surface area contributed by atoms with E-state index in [-0.39, 0.29) is 12.5 Å². The molecular formula is C25H47NO3. The summed E-state index contributed by atoms with van der Waals surface area (Å²) in [4.78, 5) is 12.1. The topological polar surface area (TPSA) is 69.6 Å². The fraction of sp³-hybridized carbons (Fsp3) is 0.800. The molecule has 4 nitrogen and oxygen atoms in total. The first-order valence-corrected chi connectivity index (χ1v) is 12.1. The van der Waals surface area contributed by atoms with Crippen LogP contribution < -0.4 is 5.32 Å². The fourth-order valence-electron chi connectivity index (χ4n) is 3.23. The van der Waals surface area contributed by atoms with E-state index in [0.29, 0.717) is 6.42 Å². The molecule has 0 aliphatic heterocycles. The number of unbranched alkanes of at least 4 members (excludes halogenated alkanes) is 11. The smallest absolute Gasteiger partial charge is 0.220 e. The Morgan fingerprint density at radius 1 is 0.793 bits per heavy atom. The number of allylic oxidation sites excluding steroid dienone is 3. The van der Waals surface area contributed by atoms with Crippen molar-refractivity contribution < 1.29 is 15.0 Å². The lowest BCUT2D eigenvalue weighted by Crippen LogP contribution is -2.45. The molecule has 0 aromatic heterocycles. The van der Waals surface area contributed by atoms with Crippen molar-refractivity contribution in [3.63, 3.8) is 0 Å². The van der Waals surface area contributed by atoms with Gasteiger partial charge in [-0.1, -0.05) is 102 Å². The van der Waals surface area contributed by atoms with Gasteiger partial charge in [-0.15, -0.1) is 0 Å². The predicted octanol–water partition coefficient (Wildman–Crippen LogP) is 5.83. The molecule has 0 saturated heterocycles. The third-order valence-corrected chi connectivity index (χ3v) is 5.19. The minimum Gasteiger partial charge on any atom is -0.394 e. The average Bonchev–Trinajstić information content (AvgIpc) is 2.72. The average molecular weight is 410 g/mol. The Balaban J connectivity index is 3.83. The molecule has 0 heterocycles. The van der Waals surface area contributed by atoms with Gasteiger partial charge in [-0.05, 0) is 25.7 Å². The standard InChI is InChI=1S/C25H47NO3/c1-3-5-7-9-11-13-15-17-19-21-25(29)26-23(22-27)24(28)20-18-16-14-12-10-8-6-4-2/h10,12,18,20,23-24,27-28H,3-9,11,13-17,19,21-22H2,1-2H3,(H,26,29)/b12-10+,20-18+. The lowest BCUT2D eigenvalue weighted by Gasteiger charge is -2.19. The van der Waals surface area contributed by atoms with Gasteiger partial charge in [0, 0.05) is 6.42 Å². The van der Waals surface area contributed by atoms with Crippen LogP contribution in [-0.2, 0) is 4.79 Å². The Bertz CT molecular complexity index is 420.